The van der Waals surface area contributed by atoms with Crippen molar-refractivity contribution in [3.8, 4) is 0 Å². The zero-order valence-corrected chi connectivity index (χ0v) is 15.7. The second-order valence-electron chi connectivity index (χ2n) is 6.64. The first-order valence-electron chi connectivity index (χ1n) is 7.79. The van der Waals surface area contributed by atoms with Crippen molar-refractivity contribution in [2.45, 2.75) is 20.4 Å². The molecular weight excluding hydrogens is 380 g/mol. The smallest absolute Gasteiger partial charge is 0.251 e. The van der Waals surface area contributed by atoms with Gasteiger partial charge in [0.15, 0.2) is 0 Å². The summed E-state index contributed by atoms with van der Waals surface area (Å²) in [7, 11) is -3.86. The molecule has 3 rings (SSSR count). The van der Waals surface area contributed by atoms with Crippen LogP contribution >= 0.6 is 11.6 Å². The van der Waals surface area contributed by atoms with E-state index in [9.17, 15) is 18.0 Å². The first-order chi connectivity index (χ1) is 12.1. The van der Waals surface area contributed by atoms with E-state index >= 15 is 0 Å². The van der Waals surface area contributed by atoms with E-state index in [1.54, 1.807) is 26.0 Å². The number of nitrogens with zero attached hydrogens (tertiary/aromatic N) is 1. The molecule has 0 bridgehead atoms. The van der Waals surface area contributed by atoms with Gasteiger partial charge in [0.25, 0.3) is 5.91 Å². The third-order valence-corrected chi connectivity index (χ3v) is 6.34. The van der Waals surface area contributed by atoms with Crippen LogP contribution in [0.4, 0.5) is 5.69 Å². The number of sulfonamides is 1. The van der Waals surface area contributed by atoms with Gasteiger partial charge in [-0.05, 0) is 44.2 Å². The Morgan fingerprint density at radius 2 is 2.08 bits per heavy atom. The van der Waals surface area contributed by atoms with Crippen molar-refractivity contribution in [3.05, 3.63) is 52.9 Å². The lowest BCUT2D eigenvalue weighted by atomic mass is 9.95. The number of benzene rings is 1. The summed E-state index contributed by atoms with van der Waals surface area (Å²) in [5, 5.41) is 2.73. The summed E-state index contributed by atoms with van der Waals surface area (Å²) < 4.78 is 30.7. The predicted molar refractivity (Wildman–Crippen MR) is 96.4 cm³/mol. The second-order valence-corrected chi connectivity index (χ2v) is 8.86. The van der Waals surface area contributed by atoms with E-state index in [0.29, 0.717) is 10.1 Å². The molecule has 1 aromatic heterocycles. The molecule has 0 saturated carbocycles. The number of hydrogen-bond acceptors (Lipinski definition) is 5. The molecular formula is C17H17ClN2O5S. The number of anilines is 1. The zero-order chi connectivity index (χ0) is 19.1. The summed E-state index contributed by atoms with van der Waals surface area (Å²) >= 11 is 6.12. The van der Waals surface area contributed by atoms with E-state index < -0.39 is 27.3 Å². The van der Waals surface area contributed by atoms with Crippen molar-refractivity contribution in [1.82, 2.24) is 5.32 Å². The second kappa shape index (κ2) is 6.44. The van der Waals surface area contributed by atoms with E-state index in [1.807, 2.05) is 0 Å². The number of carbonyl (C=O) groups is 2. The minimum Gasteiger partial charge on any atom is -0.467 e. The van der Waals surface area contributed by atoms with Crippen LogP contribution in [0.2, 0.25) is 5.02 Å². The molecule has 1 fully saturated rings. The van der Waals surface area contributed by atoms with Crippen LogP contribution in [0.5, 0.6) is 0 Å². The highest BCUT2D eigenvalue weighted by atomic mass is 35.5. The molecule has 0 atom stereocenters. The van der Waals surface area contributed by atoms with Gasteiger partial charge in [-0.25, -0.2) is 12.7 Å². The number of nitrogens with one attached hydrogen (secondary N) is 1. The minimum atomic E-state index is -3.86. The van der Waals surface area contributed by atoms with E-state index in [0.717, 1.165) is 0 Å². The maximum atomic E-state index is 12.5. The first kappa shape index (κ1) is 18.5. The summed E-state index contributed by atoms with van der Waals surface area (Å²) in [5.41, 5.74) is -0.892. The molecule has 138 valence electrons. The molecule has 2 aromatic rings. The van der Waals surface area contributed by atoms with Crippen molar-refractivity contribution in [2.24, 2.45) is 5.41 Å². The Labute approximate surface area is 156 Å². The van der Waals surface area contributed by atoms with Crippen LogP contribution in [0.25, 0.3) is 0 Å². The minimum absolute atomic E-state index is 0.0205. The van der Waals surface area contributed by atoms with Gasteiger partial charge in [0, 0.05) is 5.56 Å². The fourth-order valence-electron chi connectivity index (χ4n) is 2.73. The third kappa shape index (κ3) is 3.34. The summed E-state index contributed by atoms with van der Waals surface area (Å²) in [4.78, 5) is 24.9. The summed E-state index contributed by atoms with van der Waals surface area (Å²) in [6.45, 7) is 3.29. The number of rotatable bonds is 4. The summed E-state index contributed by atoms with van der Waals surface area (Å²) in [5.74, 6) is -0.758. The highest BCUT2D eigenvalue weighted by Crippen LogP contribution is 2.39. The Kier molecular flexibility index (Phi) is 4.58. The zero-order valence-electron chi connectivity index (χ0n) is 14.2. The molecule has 0 aliphatic carbocycles. The third-order valence-electron chi connectivity index (χ3n) is 4.02. The maximum absolute atomic E-state index is 12.5. The van der Waals surface area contributed by atoms with Crippen molar-refractivity contribution < 1.29 is 22.4 Å². The molecule has 1 aliphatic rings. The molecule has 1 N–H and O–H groups in total. The predicted octanol–water partition coefficient (Wildman–Crippen LogP) is 2.57. The number of carbonyl (C=O) groups excluding carboxylic acids is 2. The maximum Gasteiger partial charge on any atom is 0.251 e. The quantitative estimate of drug-likeness (QED) is 0.856. The first-order valence-corrected chi connectivity index (χ1v) is 9.78. The fourth-order valence-corrected chi connectivity index (χ4v) is 5.10. The van der Waals surface area contributed by atoms with Gasteiger partial charge in [0.05, 0.1) is 34.7 Å². The highest BCUT2D eigenvalue weighted by Gasteiger charge is 2.50. The van der Waals surface area contributed by atoms with Crippen LogP contribution < -0.4 is 9.62 Å². The average molecular weight is 397 g/mol. The summed E-state index contributed by atoms with van der Waals surface area (Å²) in [6, 6.07) is 7.57. The number of amides is 2. The van der Waals surface area contributed by atoms with Gasteiger partial charge in [0.2, 0.25) is 15.9 Å². The topological polar surface area (TPSA) is 96.7 Å². The molecule has 1 aromatic carbocycles. The molecule has 2 heterocycles. The van der Waals surface area contributed by atoms with Gasteiger partial charge in [0.1, 0.15) is 5.76 Å². The van der Waals surface area contributed by atoms with Crippen molar-refractivity contribution >= 4 is 39.1 Å². The van der Waals surface area contributed by atoms with Gasteiger partial charge in [-0.15, -0.1) is 0 Å². The van der Waals surface area contributed by atoms with Crippen LogP contribution in [0.1, 0.15) is 30.0 Å². The lowest BCUT2D eigenvalue weighted by Crippen LogP contribution is -2.33. The van der Waals surface area contributed by atoms with Gasteiger partial charge < -0.3 is 9.73 Å². The summed E-state index contributed by atoms with van der Waals surface area (Å²) in [6.07, 6.45) is 1.49. The van der Waals surface area contributed by atoms with Crippen LogP contribution in [0.3, 0.4) is 0 Å². The largest absolute Gasteiger partial charge is 0.467 e. The number of furan rings is 1. The molecule has 1 aliphatic heterocycles. The molecule has 0 unspecified atom stereocenters. The van der Waals surface area contributed by atoms with Gasteiger partial charge >= 0.3 is 0 Å². The van der Waals surface area contributed by atoms with Gasteiger partial charge in [-0.3, -0.25) is 9.59 Å². The fraction of sp³-hybridized carbons (Fsp3) is 0.294. The Hall–Kier alpha value is -2.32. The Morgan fingerprint density at radius 3 is 2.65 bits per heavy atom. The lowest BCUT2D eigenvalue weighted by molar-refractivity contribution is -0.123. The van der Waals surface area contributed by atoms with Gasteiger partial charge in [-0.2, -0.15) is 0 Å². The molecule has 26 heavy (non-hydrogen) atoms. The molecule has 0 radical (unpaired) electrons. The van der Waals surface area contributed by atoms with Crippen LogP contribution in [-0.2, 0) is 21.4 Å². The van der Waals surface area contributed by atoms with E-state index in [4.69, 9.17) is 16.0 Å². The molecule has 7 nitrogen and oxygen atoms in total. The number of hydrogen-bond donors (Lipinski definition) is 1. The Balaban J connectivity index is 1.91. The SMILES string of the molecule is CC1(C)CS(=O)(=O)N(c2cc(C(=O)NCc3ccco3)ccc2Cl)C1=O. The average Bonchev–Trinajstić information content (AvgIpc) is 3.11. The van der Waals surface area contributed by atoms with Crippen molar-refractivity contribution in [1.29, 1.82) is 0 Å². The van der Waals surface area contributed by atoms with Crippen molar-refractivity contribution in [2.75, 3.05) is 10.1 Å². The Morgan fingerprint density at radius 1 is 1.35 bits per heavy atom. The molecule has 1 saturated heterocycles. The van der Waals surface area contributed by atoms with Crippen LogP contribution in [0.15, 0.2) is 41.0 Å². The standard InChI is InChI=1S/C17H17ClN2O5S/c1-17(2)10-26(23,24)20(16(17)22)14-8-11(5-6-13(14)18)15(21)19-9-12-4-3-7-25-12/h3-8H,9-10H2,1-2H3,(H,19,21). The Bertz CT molecular complexity index is 967. The van der Waals surface area contributed by atoms with Crippen molar-refractivity contribution in [3.63, 3.8) is 0 Å². The van der Waals surface area contributed by atoms with Crippen LogP contribution in [0, 0.1) is 5.41 Å². The van der Waals surface area contributed by atoms with E-state index in [2.05, 4.69) is 5.32 Å². The number of halogens is 1. The van der Waals surface area contributed by atoms with E-state index in [1.165, 1.54) is 24.5 Å². The van der Waals surface area contributed by atoms with Crippen LogP contribution in [-0.4, -0.2) is 26.0 Å². The molecule has 0 spiro atoms. The lowest BCUT2D eigenvalue weighted by Gasteiger charge is -2.19. The monoisotopic (exact) mass is 396 g/mol. The normalized spacial score (nSPS) is 18.1. The van der Waals surface area contributed by atoms with Gasteiger partial charge in [-0.1, -0.05) is 11.6 Å². The molecule has 9 heteroatoms. The van der Waals surface area contributed by atoms with E-state index in [-0.39, 0.29) is 28.6 Å². The molecule has 2 amide bonds. The highest BCUT2D eigenvalue weighted by molar-refractivity contribution is 7.94.